The Morgan fingerprint density at radius 2 is 2.09 bits per heavy atom. The lowest BCUT2D eigenvalue weighted by Gasteiger charge is -2.01. The van der Waals surface area contributed by atoms with Gasteiger partial charge in [-0.25, -0.2) is 9.97 Å². The Hall–Kier alpha value is -3.10. The van der Waals surface area contributed by atoms with Gasteiger partial charge in [0.25, 0.3) is 0 Å². The van der Waals surface area contributed by atoms with E-state index in [4.69, 9.17) is 21.6 Å². The van der Waals surface area contributed by atoms with Gasteiger partial charge in [-0.1, -0.05) is 17.7 Å². The number of halogens is 1. The Bertz CT molecular complexity index is 1490. The topological polar surface area (TPSA) is 64.8 Å². The molecule has 0 amide bonds. The van der Waals surface area contributed by atoms with E-state index in [1.165, 1.54) is 18.4 Å². The third-order valence-corrected chi connectivity index (χ3v) is 6.91. The molecule has 0 aromatic carbocycles. The number of aliphatic imine (C=N–C) groups is 1. The molecule has 1 aliphatic rings. The summed E-state index contributed by atoms with van der Waals surface area (Å²) >= 11 is 7.76. The summed E-state index contributed by atoms with van der Waals surface area (Å²) in [6.07, 6.45) is 16.5. The van der Waals surface area contributed by atoms with Crippen LogP contribution in [-0.4, -0.2) is 39.8 Å². The lowest BCUT2D eigenvalue weighted by molar-refractivity contribution is 0.676. The average molecular weight is 476 g/mol. The zero-order valence-electron chi connectivity index (χ0n) is 18.1. The van der Waals surface area contributed by atoms with E-state index in [2.05, 4.69) is 39.0 Å². The highest BCUT2D eigenvalue weighted by Gasteiger charge is 2.23. The Balaban J connectivity index is 1.20. The summed E-state index contributed by atoms with van der Waals surface area (Å²) in [6, 6.07) is 8.07. The molecule has 9 heteroatoms. The summed E-state index contributed by atoms with van der Waals surface area (Å²) < 4.78 is 6.00. The number of thioether (sulfide) groups is 1. The molecule has 0 atom stereocenters. The molecule has 33 heavy (non-hydrogen) atoms. The number of hydrogen-bond acceptors (Lipinski definition) is 5. The van der Waals surface area contributed by atoms with Crippen LogP contribution in [-0.2, 0) is 13.1 Å². The van der Waals surface area contributed by atoms with Gasteiger partial charge >= 0.3 is 0 Å². The molecule has 1 aliphatic carbocycles. The first kappa shape index (κ1) is 20.5. The summed E-state index contributed by atoms with van der Waals surface area (Å²) in [5.41, 5.74) is 6.22. The van der Waals surface area contributed by atoms with Crippen molar-refractivity contribution in [3.63, 3.8) is 0 Å². The summed E-state index contributed by atoms with van der Waals surface area (Å²) in [7, 11) is 0. The first-order valence-corrected chi connectivity index (χ1v) is 12.5. The van der Waals surface area contributed by atoms with Crippen LogP contribution in [0.3, 0.4) is 0 Å². The number of imidazole rings is 2. The fourth-order valence-corrected chi connectivity index (χ4v) is 4.78. The van der Waals surface area contributed by atoms with E-state index in [9.17, 15) is 0 Å². The van der Waals surface area contributed by atoms with Gasteiger partial charge in [-0.2, -0.15) is 5.10 Å². The van der Waals surface area contributed by atoms with Crippen LogP contribution in [0.25, 0.3) is 11.2 Å². The number of pyridine rings is 2. The molecule has 0 aliphatic heterocycles. The van der Waals surface area contributed by atoms with E-state index in [1.54, 1.807) is 18.1 Å². The van der Waals surface area contributed by atoms with E-state index in [0.29, 0.717) is 18.1 Å². The molecule has 0 radical (unpaired) electrons. The minimum absolute atomic E-state index is 0.480. The van der Waals surface area contributed by atoms with Crippen molar-refractivity contribution >= 4 is 39.6 Å². The molecule has 1 fully saturated rings. The smallest absolute Gasteiger partial charge is 0.137 e. The van der Waals surface area contributed by atoms with Gasteiger partial charge in [0.05, 0.1) is 42.5 Å². The van der Waals surface area contributed by atoms with E-state index in [1.807, 2.05) is 46.1 Å². The summed E-state index contributed by atoms with van der Waals surface area (Å²) in [5.74, 6) is 0.732. The quantitative estimate of drug-likeness (QED) is 0.254. The fraction of sp³-hybridized carbons (Fsp3) is 0.250. The Morgan fingerprint density at radius 3 is 2.94 bits per heavy atom. The molecule has 5 aromatic rings. The zero-order valence-corrected chi connectivity index (χ0v) is 19.7. The molecule has 5 aromatic heterocycles. The van der Waals surface area contributed by atoms with Crippen LogP contribution in [0, 0.1) is 0 Å². The second-order valence-electron chi connectivity index (χ2n) is 8.32. The van der Waals surface area contributed by atoms with Gasteiger partial charge in [-0.3, -0.25) is 9.67 Å². The number of fused-ring (bicyclic) bond motifs is 2. The first-order chi connectivity index (χ1) is 16.2. The van der Waals surface area contributed by atoms with Crippen molar-refractivity contribution in [2.24, 2.45) is 4.99 Å². The SMILES string of the molecule is CS/C(=N/Cc1ncn2ccc(Cl)cc12)c1cnn(Cc2cn3cc(C4CC4)ccc3n2)c1. The minimum Gasteiger partial charge on any atom is -0.306 e. The van der Waals surface area contributed by atoms with E-state index in [-0.39, 0.29) is 0 Å². The predicted octanol–water partition coefficient (Wildman–Crippen LogP) is 5.07. The maximum atomic E-state index is 6.15. The average Bonchev–Trinajstić information content (AvgIpc) is 3.24. The number of rotatable bonds is 6. The van der Waals surface area contributed by atoms with Crippen LogP contribution in [0.5, 0.6) is 0 Å². The summed E-state index contributed by atoms with van der Waals surface area (Å²) in [6.45, 7) is 1.10. The summed E-state index contributed by atoms with van der Waals surface area (Å²) in [4.78, 5) is 14.1. The molecular weight excluding hydrogens is 454 g/mol. The molecule has 6 rings (SSSR count). The molecule has 0 spiro atoms. The molecule has 5 heterocycles. The Morgan fingerprint density at radius 1 is 1.18 bits per heavy atom. The molecule has 0 saturated heterocycles. The van der Waals surface area contributed by atoms with Gasteiger partial charge in [-0.05, 0) is 48.8 Å². The summed E-state index contributed by atoms with van der Waals surface area (Å²) in [5, 5.41) is 6.16. The van der Waals surface area contributed by atoms with Gasteiger partial charge in [-0.15, -0.1) is 11.8 Å². The molecule has 0 bridgehead atoms. The molecule has 0 unspecified atom stereocenters. The molecule has 166 valence electrons. The standard InChI is InChI=1S/C24H22ClN7S/c1-33-24(26-10-21-22-8-19(25)6-7-30(22)15-27-21)18-9-28-32(12-18)14-20-13-31-11-17(16-2-3-16)4-5-23(31)29-20/h4-9,11-13,15-16H,2-3,10,14H2,1H3/b26-24+. The van der Waals surface area contributed by atoms with Gasteiger partial charge < -0.3 is 8.80 Å². The highest BCUT2D eigenvalue weighted by Crippen LogP contribution is 2.39. The number of hydrogen-bond donors (Lipinski definition) is 0. The lowest BCUT2D eigenvalue weighted by atomic mass is 10.2. The molecule has 0 N–H and O–H groups in total. The van der Waals surface area contributed by atoms with Gasteiger partial charge in [0.15, 0.2) is 0 Å². The van der Waals surface area contributed by atoms with Crippen LogP contribution in [0.4, 0.5) is 0 Å². The van der Waals surface area contributed by atoms with Crippen LogP contribution in [0.15, 0.2) is 66.6 Å². The van der Waals surface area contributed by atoms with Gasteiger partial charge in [0.1, 0.15) is 10.7 Å². The normalized spacial score (nSPS) is 14.5. The maximum Gasteiger partial charge on any atom is 0.137 e. The Labute approximate surface area is 200 Å². The van der Waals surface area contributed by atoms with Crippen LogP contribution >= 0.6 is 23.4 Å². The highest BCUT2D eigenvalue weighted by atomic mass is 35.5. The van der Waals surface area contributed by atoms with Gasteiger partial charge in [0.2, 0.25) is 0 Å². The predicted molar refractivity (Wildman–Crippen MR) is 132 cm³/mol. The molecule has 1 saturated carbocycles. The van der Waals surface area contributed by atoms with Crippen molar-refractivity contribution in [3.05, 3.63) is 89.1 Å². The van der Waals surface area contributed by atoms with Crippen molar-refractivity contribution in [1.29, 1.82) is 0 Å². The number of nitrogens with zero attached hydrogens (tertiary/aromatic N) is 7. The van der Waals surface area contributed by atoms with E-state index >= 15 is 0 Å². The van der Waals surface area contributed by atoms with Crippen LogP contribution < -0.4 is 0 Å². The fourth-order valence-electron chi connectivity index (χ4n) is 4.08. The third kappa shape index (κ3) is 4.16. The van der Waals surface area contributed by atoms with Crippen molar-refractivity contribution in [3.8, 4) is 0 Å². The minimum atomic E-state index is 0.480. The second kappa shape index (κ2) is 8.35. The highest BCUT2D eigenvalue weighted by molar-refractivity contribution is 8.13. The largest absolute Gasteiger partial charge is 0.306 e. The van der Waals surface area contributed by atoms with E-state index in [0.717, 1.165) is 39.1 Å². The van der Waals surface area contributed by atoms with Crippen LogP contribution in [0.1, 0.15) is 41.3 Å². The van der Waals surface area contributed by atoms with Gasteiger partial charge in [0, 0.05) is 35.4 Å². The first-order valence-electron chi connectivity index (χ1n) is 10.9. The number of aromatic nitrogens is 6. The second-order valence-corrected chi connectivity index (χ2v) is 9.55. The van der Waals surface area contributed by atoms with Crippen molar-refractivity contribution < 1.29 is 0 Å². The molecule has 7 nitrogen and oxygen atoms in total. The van der Waals surface area contributed by atoms with Crippen molar-refractivity contribution in [2.45, 2.75) is 31.8 Å². The molecular formula is C24H22ClN7S. The monoisotopic (exact) mass is 475 g/mol. The van der Waals surface area contributed by atoms with Crippen LogP contribution in [0.2, 0.25) is 5.02 Å². The zero-order chi connectivity index (χ0) is 22.4. The third-order valence-electron chi connectivity index (χ3n) is 5.92. The van der Waals surface area contributed by atoms with E-state index < -0.39 is 0 Å². The van der Waals surface area contributed by atoms with Crippen molar-refractivity contribution in [1.82, 2.24) is 28.5 Å². The Kier molecular flexibility index (Phi) is 5.19. The maximum absolute atomic E-state index is 6.15. The van der Waals surface area contributed by atoms with Crippen molar-refractivity contribution in [2.75, 3.05) is 6.26 Å². The lowest BCUT2D eigenvalue weighted by Crippen LogP contribution is -2.00.